The van der Waals surface area contributed by atoms with E-state index in [0.717, 1.165) is 34.7 Å². The summed E-state index contributed by atoms with van der Waals surface area (Å²) in [6.07, 6.45) is 3.40. The molecule has 0 unspecified atom stereocenters. The first-order valence-electron chi connectivity index (χ1n) is 5.88. The molecular weight excluding hydrogens is 228 g/mol. The van der Waals surface area contributed by atoms with E-state index in [1.807, 2.05) is 31.9 Å². The van der Waals surface area contributed by atoms with Crippen molar-refractivity contribution in [1.82, 2.24) is 10.2 Å². The van der Waals surface area contributed by atoms with Gasteiger partial charge in [0, 0.05) is 31.3 Å². The molecule has 0 aliphatic rings. The first-order valence-corrected chi connectivity index (χ1v) is 5.88. The zero-order valence-corrected chi connectivity index (χ0v) is 11.0. The average molecular weight is 246 g/mol. The highest BCUT2D eigenvalue weighted by molar-refractivity contribution is 5.50. The van der Waals surface area contributed by atoms with Gasteiger partial charge < -0.3 is 15.1 Å². The molecule has 0 aromatic carbocycles. The third-order valence-corrected chi connectivity index (χ3v) is 3.13. The van der Waals surface area contributed by atoms with Gasteiger partial charge in [0.25, 0.3) is 0 Å². The van der Waals surface area contributed by atoms with E-state index in [1.54, 1.807) is 12.5 Å². The number of hydrogen-bond acceptors (Lipinski definition) is 5. The second kappa shape index (κ2) is 5.18. The lowest BCUT2D eigenvalue weighted by Crippen LogP contribution is -2.22. The normalized spacial score (nSPS) is 10.7. The third-order valence-electron chi connectivity index (χ3n) is 3.13. The molecule has 0 atom stereocenters. The van der Waals surface area contributed by atoms with Crippen LogP contribution in [0.3, 0.4) is 0 Å². The van der Waals surface area contributed by atoms with E-state index in [0.29, 0.717) is 6.54 Å². The van der Waals surface area contributed by atoms with Gasteiger partial charge in [0.15, 0.2) is 5.82 Å². The van der Waals surface area contributed by atoms with Crippen molar-refractivity contribution in [1.29, 1.82) is 0 Å². The molecule has 5 nitrogen and oxygen atoms in total. The molecule has 0 saturated carbocycles. The summed E-state index contributed by atoms with van der Waals surface area (Å²) in [6.45, 7) is 5.16. The molecule has 0 saturated heterocycles. The Morgan fingerprint density at radius 2 is 2.11 bits per heavy atom. The minimum Gasteiger partial charge on any atom is -0.472 e. The minimum absolute atomic E-state index is 0.466. The van der Waals surface area contributed by atoms with Gasteiger partial charge in [-0.2, -0.15) is 5.10 Å². The van der Waals surface area contributed by atoms with Crippen LogP contribution >= 0.6 is 0 Å². The fourth-order valence-electron chi connectivity index (χ4n) is 1.93. The van der Waals surface area contributed by atoms with Crippen molar-refractivity contribution in [2.24, 2.45) is 5.73 Å². The van der Waals surface area contributed by atoms with E-state index in [1.165, 1.54) is 0 Å². The van der Waals surface area contributed by atoms with Crippen molar-refractivity contribution >= 4 is 5.82 Å². The Balaban J connectivity index is 2.30. The SMILES string of the molecule is Cc1nnc(N(C)Cc2ccoc2)c(CN)c1C. The predicted molar refractivity (Wildman–Crippen MR) is 70.2 cm³/mol. The number of aryl methyl sites for hydroxylation is 1. The molecule has 2 rings (SSSR count). The van der Waals surface area contributed by atoms with Crippen LogP contribution in [0, 0.1) is 13.8 Å². The smallest absolute Gasteiger partial charge is 0.156 e. The molecule has 0 spiro atoms. The summed E-state index contributed by atoms with van der Waals surface area (Å²) in [5, 5.41) is 8.42. The van der Waals surface area contributed by atoms with Crippen LogP contribution in [0.4, 0.5) is 5.82 Å². The van der Waals surface area contributed by atoms with Gasteiger partial charge in [-0.1, -0.05) is 0 Å². The molecule has 0 aliphatic heterocycles. The van der Waals surface area contributed by atoms with Gasteiger partial charge in [0.05, 0.1) is 18.2 Å². The van der Waals surface area contributed by atoms with Crippen LogP contribution in [-0.2, 0) is 13.1 Å². The van der Waals surface area contributed by atoms with Crippen LogP contribution in [0.15, 0.2) is 23.0 Å². The second-order valence-corrected chi connectivity index (χ2v) is 4.40. The van der Waals surface area contributed by atoms with Crippen LogP contribution < -0.4 is 10.6 Å². The van der Waals surface area contributed by atoms with Gasteiger partial charge >= 0.3 is 0 Å². The molecule has 2 heterocycles. The Morgan fingerprint density at radius 1 is 1.33 bits per heavy atom. The lowest BCUT2D eigenvalue weighted by atomic mass is 10.1. The molecule has 0 radical (unpaired) electrons. The van der Waals surface area contributed by atoms with Crippen LogP contribution in [-0.4, -0.2) is 17.2 Å². The second-order valence-electron chi connectivity index (χ2n) is 4.40. The zero-order valence-electron chi connectivity index (χ0n) is 11.0. The molecule has 0 aliphatic carbocycles. The van der Waals surface area contributed by atoms with Gasteiger partial charge in [-0.25, -0.2) is 0 Å². The molecule has 2 aromatic heterocycles. The van der Waals surface area contributed by atoms with Crippen molar-refractivity contribution in [3.8, 4) is 0 Å². The highest BCUT2D eigenvalue weighted by atomic mass is 16.3. The maximum Gasteiger partial charge on any atom is 0.156 e. The summed E-state index contributed by atoms with van der Waals surface area (Å²) < 4.78 is 5.06. The fraction of sp³-hybridized carbons (Fsp3) is 0.385. The number of hydrogen-bond donors (Lipinski definition) is 1. The maximum atomic E-state index is 5.82. The summed E-state index contributed by atoms with van der Waals surface area (Å²) in [5.74, 6) is 0.835. The summed E-state index contributed by atoms with van der Waals surface area (Å²) in [6, 6.07) is 1.94. The lowest BCUT2D eigenvalue weighted by Gasteiger charge is -2.21. The molecule has 5 heteroatoms. The topological polar surface area (TPSA) is 68.2 Å². The fourth-order valence-corrected chi connectivity index (χ4v) is 1.93. The minimum atomic E-state index is 0.466. The number of nitrogens with two attached hydrogens (primary N) is 1. The summed E-state index contributed by atoms with van der Waals surface area (Å²) in [7, 11) is 1.98. The first-order chi connectivity index (χ1) is 8.63. The van der Waals surface area contributed by atoms with E-state index in [4.69, 9.17) is 10.2 Å². The zero-order chi connectivity index (χ0) is 13.1. The quantitative estimate of drug-likeness (QED) is 0.890. The van der Waals surface area contributed by atoms with Crippen molar-refractivity contribution < 1.29 is 4.42 Å². The Labute approximate surface area is 107 Å². The van der Waals surface area contributed by atoms with Crippen molar-refractivity contribution in [2.75, 3.05) is 11.9 Å². The standard InChI is InChI=1S/C13H18N4O/c1-9-10(2)15-16-13(12(9)6-14)17(3)7-11-4-5-18-8-11/h4-5,8H,6-7,14H2,1-3H3. The van der Waals surface area contributed by atoms with E-state index < -0.39 is 0 Å². The first kappa shape index (κ1) is 12.6. The Morgan fingerprint density at radius 3 is 2.72 bits per heavy atom. The van der Waals surface area contributed by atoms with Crippen LogP contribution in [0.5, 0.6) is 0 Å². The monoisotopic (exact) mass is 246 g/mol. The van der Waals surface area contributed by atoms with E-state index in [9.17, 15) is 0 Å². The van der Waals surface area contributed by atoms with Gasteiger partial charge in [0.1, 0.15) is 0 Å². The number of nitrogens with zero attached hydrogens (tertiary/aromatic N) is 3. The molecule has 0 fully saturated rings. The highest BCUT2D eigenvalue weighted by Gasteiger charge is 2.14. The van der Waals surface area contributed by atoms with Gasteiger partial charge in [0.2, 0.25) is 0 Å². The largest absolute Gasteiger partial charge is 0.472 e. The molecular formula is C13H18N4O. The van der Waals surface area contributed by atoms with E-state index in [-0.39, 0.29) is 0 Å². The molecule has 96 valence electrons. The van der Waals surface area contributed by atoms with Crippen LogP contribution in [0.25, 0.3) is 0 Å². The molecule has 0 amide bonds. The van der Waals surface area contributed by atoms with Gasteiger partial charge in [-0.3, -0.25) is 0 Å². The number of furan rings is 1. The molecule has 0 bridgehead atoms. The highest BCUT2D eigenvalue weighted by Crippen LogP contribution is 2.22. The Bertz CT molecular complexity index is 522. The number of aromatic nitrogens is 2. The van der Waals surface area contributed by atoms with Crippen LogP contribution in [0.2, 0.25) is 0 Å². The maximum absolute atomic E-state index is 5.82. The summed E-state index contributed by atoms with van der Waals surface area (Å²) >= 11 is 0. The molecule has 18 heavy (non-hydrogen) atoms. The number of anilines is 1. The van der Waals surface area contributed by atoms with Crippen molar-refractivity contribution in [3.63, 3.8) is 0 Å². The Hall–Kier alpha value is -1.88. The summed E-state index contributed by atoms with van der Waals surface area (Å²) in [5.41, 5.74) is 10.0. The predicted octanol–water partition coefficient (Wildman–Crippen LogP) is 1.78. The van der Waals surface area contributed by atoms with Gasteiger partial charge in [-0.05, 0) is 25.5 Å². The van der Waals surface area contributed by atoms with Gasteiger partial charge in [-0.15, -0.1) is 5.10 Å². The summed E-state index contributed by atoms with van der Waals surface area (Å²) in [4.78, 5) is 2.03. The molecule has 2 aromatic rings. The van der Waals surface area contributed by atoms with Crippen molar-refractivity contribution in [3.05, 3.63) is 41.0 Å². The van der Waals surface area contributed by atoms with E-state index >= 15 is 0 Å². The molecule has 2 N–H and O–H groups in total. The van der Waals surface area contributed by atoms with Crippen molar-refractivity contribution in [2.45, 2.75) is 26.9 Å². The van der Waals surface area contributed by atoms with Crippen LogP contribution in [0.1, 0.15) is 22.4 Å². The van der Waals surface area contributed by atoms with E-state index in [2.05, 4.69) is 10.2 Å². The Kier molecular flexibility index (Phi) is 3.62. The lowest BCUT2D eigenvalue weighted by molar-refractivity contribution is 0.563. The third kappa shape index (κ3) is 2.36. The average Bonchev–Trinajstić information content (AvgIpc) is 2.85. The number of rotatable bonds is 4.